The largest absolute Gasteiger partial charge is 0.356 e. The first-order valence-electron chi connectivity index (χ1n) is 8.94. The van der Waals surface area contributed by atoms with Crippen LogP contribution in [-0.4, -0.2) is 29.1 Å². The number of carbonyl (C=O) groups is 2. The molecule has 3 rings (SSSR count). The molecule has 1 aliphatic carbocycles. The number of benzene rings is 1. The Bertz CT molecular complexity index is 755. The molecule has 0 spiro atoms. The number of hydrogen-bond donors (Lipinski definition) is 2. The van der Waals surface area contributed by atoms with E-state index in [1.54, 1.807) is 0 Å². The van der Waals surface area contributed by atoms with E-state index in [1.165, 1.54) is 23.1 Å². The number of nitrogens with zero attached hydrogens (tertiary/aromatic N) is 1. The Hall–Kier alpha value is -1.86. The average Bonchev–Trinajstić information content (AvgIpc) is 3.31. The van der Waals surface area contributed by atoms with Crippen LogP contribution < -0.4 is 10.6 Å². The number of nitrogens with one attached hydrogen (secondary N) is 2. The van der Waals surface area contributed by atoms with Crippen LogP contribution in [0.2, 0.25) is 0 Å². The van der Waals surface area contributed by atoms with E-state index in [-0.39, 0.29) is 17.7 Å². The van der Waals surface area contributed by atoms with Gasteiger partial charge in [-0.1, -0.05) is 66.3 Å². The average molecular weight is 390 g/mol. The third kappa shape index (κ3) is 4.86. The van der Waals surface area contributed by atoms with Crippen LogP contribution in [0.25, 0.3) is 11.3 Å². The summed E-state index contributed by atoms with van der Waals surface area (Å²) in [7, 11) is 0. The SMILES string of the molecule is CCNC(=O)CSc1nc(-c2ccccc2)c(NC(=O)C2CCCC2)s1. The molecule has 2 aromatic rings. The molecule has 0 saturated heterocycles. The summed E-state index contributed by atoms with van der Waals surface area (Å²) in [5, 5.41) is 6.64. The van der Waals surface area contributed by atoms with Gasteiger partial charge >= 0.3 is 0 Å². The summed E-state index contributed by atoms with van der Waals surface area (Å²) < 4.78 is 0.789. The van der Waals surface area contributed by atoms with Gasteiger partial charge in [-0.3, -0.25) is 9.59 Å². The van der Waals surface area contributed by atoms with Crippen molar-refractivity contribution >= 4 is 39.9 Å². The zero-order chi connectivity index (χ0) is 18.4. The number of hydrogen-bond acceptors (Lipinski definition) is 5. The molecule has 1 aliphatic rings. The van der Waals surface area contributed by atoms with E-state index in [2.05, 4.69) is 15.6 Å². The summed E-state index contributed by atoms with van der Waals surface area (Å²) in [6, 6.07) is 9.84. The zero-order valence-electron chi connectivity index (χ0n) is 14.8. The van der Waals surface area contributed by atoms with Crippen molar-refractivity contribution < 1.29 is 9.59 Å². The first-order valence-corrected chi connectivity index (χ1v) is 10.7. The van der Waals surface area contributed by atoms with Gasteiger partial charge in [-0.15, -0.1) is 0 Å². The van der Waals surface area contributed by atoms with Crippen molar-refractivity contribution in [2.75, 3.05) is 17.6 Å². The highest BCUT2D eigenvalue weighted by molar-refractivity contribution is 8.01. The number of thiazole rings is 1. The van der Waals surface area contributed by atoms with Gasteiger partial charge in [0.15, 0.2) is 4.34 Å². The zero-order valence-corrected chi connectivity index (χ0v) is 16.4. The van der Waals surface area contributed by atoms with E-state index in [0.717, 1.165) is 46.3 Å². The van der Waals surface area contributed by atoms with E-state index in [9.17, 15) is 9.59 Å². The second kappa shape index (κ2) is 9.19. The normalized spacial score (nSPS) is 14.3. The third-order valence-corrected chi connectivity index (χ3v) is 6.43. The molecular formula is C19H23N3O2S2. The summed E-state index contributed by atoms with van der Waals surface area (Å²) in [4.78, 5) is 28.9. The first-order chi connectivity index (χ1) is 12.7. The van der Waals surface area contributed by atoms with Crippen molar-refractivity contribution in [1.29, 1.82) is 0 Å². The second-order valence-electron chi connectivity index (χ2n) is 6.24. The molecule has 2 N–H and O–H groups in total. The number of anilines is 1. The summed E-state index contributed by atoms with van der Waals surface area (Å²) in [6.45, 7) is 2.52. The second-order valence-corrected chi connectivity index (χ2v) is 8.46. The van der Waals surface area contributed by atoms with Crippen LogP contribution in [0, 0.1) is 5.92 Å². The molecule has 1 aromatic heterocycles. The minimum atomic E-state index is -0.00879. The lowest BCUT2D eigenvalue weighted by Gasteiger charge is -2.09. The molecule has 26 heavy (non-hydrogen) atoms. The summed E-state index contributed by atoms with van der Waals surface area (Å²) in [5.41, 5.74) is 1.75. The number of thioether (sulfide) groups is 1. The number of amides is 2. The van der Waals surface area contributed by atoms with E-state index in [1.807, 2.05) is 37.3 Å². The maximum Gasteiger partial charge on any atom is 0.230 e. The Kier molecular flexibility index (Phi) is 6.68. The van der Waals surface area contributed by atoms with Gasteiger partial charge in [-0.2, -0.15) is 0 Å². The Labute approximate surface area is 162 Å². The monoisotopic (exact) mass is 389 g/mol. The fourth-order valence-corrected chi connectivity index (χ4v) is 4.91. The van der Waals surface area contributed by atoms with Gasteiger partial charge in [0.25, 0.3) is 0 Å². The molecule has 0 radical (unpaired) electrons. The highest BCUT2D eigenvalue weighted by Crippen LogP contribution is 2.38. The maximum absolute atomic E-state index is 12.6. The number of carbonyl (C=O) groups excluding carboxylic acids is 2. The number of rotatable bonds is 7. The molecule has 2 amide bonds. The molecule has 1 saturated carbocycles. The lowest BCUT2D eigenvalue weighted by Crippen LogP contribution is -2.24. The molecule has 138 valence electrons. The van der Waals surface area contributed by atoms with Gasteiger partial charge in [0.2, 0.25) is 11.8 Å². The summed E-state index contributed by atoms with van der Waals surface area (Å²) in [5.74, 6) is 0.507. The maximum atomic E-state index is 12.6. The highest BCUT2D eigenvalue weighted by atomic mass is 32.2. The van der Waals surface area contributed by atoms with E-state index in [4.69, 9.17) is 0 Å². The molecule has 0 bridgehead atoms. The molecule has 5 nitrogen and oxygen atoms in total. The summed E-state index contributed by atoms with van der Waals surface area (Å²) >= 11 is 2.84. The predicted octanol–water partition coefficient (Wildman–Crippen LogP) is 4.17. The van der Waals surface area contributed by atoms with Gasteiger partial charge in [-0.05, 0) is 19.8 Å². The highest BCUT2D eigenvalue weighted by Gasteiger charge is 2.25. The van der Waals surface area contributed by atoms with Crippen LogP contribution in [0.1, 0.15) is 32.6 Å². The molecule has 1 heterocycles. The Morgan fingerprint density at radius 3 is 2.65 bits per heavy atom. The van der Waals surface area contributed by atoms with Crippen molar-refractivity contribution in [3.05, 3.63) is 30.3 Å². The van der Waals surface area contributed by atoms with Gasteiger partial charge in [0, 0.05) is 18.0 Å². The summed E-state index contributed by atoms with van der Waals surface area (Å²) in [6.07, 6.45) is 4.17. The van der Waals surface area contributed by atoms with Crippen LogP contribution in [0.3, 0.4) is 0 Å². The first kappa shape index (κ1) is 18.9. The lowest BCUT2D eigenvalue weighted by molar-refractivity contribution is -0.120. The van der Waals surface area contributed by atoms with E-state index in [0.29, 0.717) is 12.3 Å². The molecule has 0 atom stereocenters. The van der Waals surface area contributed by atoms with Crippen molar-refractivity contribution in [1.82, 2.24) is 10.3 Å². The molecule has 0 aliphatic heterocycles. The van der Waals surface area contributed by atoms with Crippen molar-refractivity contribution in [2.45, 2.75) is 36.9 Å². The van der Waals surface area contributed by atoms with Crippen LogP contribution in [0.5, 0.6) is 0 Å². The van der Waals surface area contributed by atoms with Crippen LogP contribution >= 0.6 is 23.1 Å². The fraction of sp³-hybridized carbons (Fsp3) is 0.421. The quantitative estimate of drug-likeness (QED) is 0.697. The Morgan fingerprint density at radius 2 is 1.96 bits per heavy atom. The van der Waals surface area contributed by atoms with Crippen LogP contribution in [-0.2, 0) is 9.59 Å². The van der Waals surface area contributed by atoms with E-state index < -0.39 is 0 Å². The fourth-order valence-electron chi connectivity index (χ4n) is 3.02. The minimum Gasteiger partial charge on any atom is -0.356 e. The third-order valence-electron chi connectivity index (χ3n) is 4.32. The predicted molar refractivity (Wildman–Crippen MR) is 108 cm³/mol. The van der Waals surface area contributed by atoms with Gasteiger partial charge in [0.1, 0.15) is 10.7 Å². The van der Waals surface area contributed by atoms with Gasteiger partial charge in [-0.25, -0.2) is 4.98 Å². The van der Waals surface area contributed by atoms with Crippen molar-refractivity contribution in [3.63, 3.8) is 0 Å². The topological polar surface area (TPSA) is 71.1 Å². The van der Waals surface area contributed by atoms with Gasteiger partial charge in [0.05, 0.1) is 5.75 Å². The lowest BCUT2D eigenvalue weighted by atomic mass is 10.1. The number of aromatic nitrogens is 1. The van der Waals surface area contributed by atoms with Crippen molar-refractivity contribution in [3.8, 4) is 11.3 Å². The standard InChI is InChI=1S/C19H23N3O2S2/c1-2-20-15(23)12-25-19-21-16(13-8-4-3-5-9-13)18(26-19)22-17(24)14-10-6-7-11-14/h3-5,8-9,14H,2,6-7,10-12H2,1H3,(H,20,23)(H,22,24). The Morgan fingerprint density at radius 1 is 1.23 bits per heavy atom. The molecule has 1 aromatic carbocycles. The molecule has 0 unspecified atom stereocenters. The molecular weight excluding hydrogens is 366 g/mol. The van der Waals surface area contributed by atoms with Crippen LogP contribution in [0.4, 0.5) is 5.00 Å². The minimum absolute atomic E-state index is 0.00879. The van der Waals surface area contributed by atoms with Crippen LogP contribution in [0.15, 0.2) is 34.7 Å². The molecule has 1 fully saturated rings. The van der Waals surface area contributed by atoms with Gasteiger partial charge < -0.3 is 10.6 Å². The van der Waals surface area contributed by atoms with E-state index >= 15 is 0 Å². The van der Waals surface area contributed by atoms with Crippen molar-refractivity contribution in [2.24, 2.45) is 5.92 Å². The Balaban J connectivity index is 1.78. The smallest absolute Gasteiger partial charge is 0.230 e. The molecule has 7 heteroatoms.